The zero-order valence-corrected chi connectivity index (χ0v) is 6.69. The molecule has 1 rings (SSSR count). The maximum atomic E-state index is 9.09. The predicted molar refractivity (Wildman–Crippen MR) is 43.6 cm³/mol. The summed E-state index contributed by atoms with van der Waals surface area (Å²) in [5.74, 6) is 0.712. The molecule has 0 saturated heterocycles. The van der Waals surface area contributed by atoms with Crippen molar-refractivity contribution in [2.45, 2.75) is 6.10 Å². The summed E-state index contributed by atoms with van der Waals surface area (Å²) in [6, 6.07) is 8.46. The summed E-state index contributed by atoms with van der Waals surface area (Å²) in [6.07, 6.45) is -1.05. The molecule has 1 atom stereocenters. The van der Waals surface area contributed by atoms with Gasteiger partial charge in [-0.25, -0.2) is 0 Å². The highest BCUT2D eigenvalue weighted by molar-refractivity contribution is 5.30. The number of nitrogens with zero attached hydrogens (tertiary/aromatic N) is 1. The van der Waals surface area contributed by atoms with Crippen molar-refractivity contribution >= 4 is 0 Å². The second kappa shape index (κ2) is 3.74. The summed E-state index contributed by atoms with van der Waals surface area (Å²) < 4.78 is 4.92. The lowest BCUT2D eigenvalue weighted by molar-refractivity contribution is 0.236. The van der Waals surface area contributed by atoms with Crippen LogP contribution in [0.3, 0.4) is 0 Å². The highest BCUT2D eigenvalue weighted by Crippen LogP contribution is 2.16. The number of hydrogen-bond acceptors (Lipinski definition) is 3. The predicted octanol–water partition coefficient (Wildman–Crippen LogP) is 1.25. The van der Waals surface area contributed by atoms with E-state index in [-0.39, 0.29) is 0 Å². The zero-order chi connectivity index (χ0) is 8.97. The van der Waals surface area contributed by atoms with Gasteiger partial charge in [-0.05, 0) is 17.7 Å². The molecule has 1 N–H and O–H groups in total. The molecular formula is C9H9NO2. The molecule has 0 saturated carbocycles. The van der Waals surface area contributed by atoms with E-state index in [1.807, 2.05) is 0 Å². The molecule has 0 spiro atoms. The van der Waals surface area contributed by atoms with Crippen molar-refractivity contribution in [2.24, 2.45) is 0 Å². The average Bonchev–Trinajstić information content (AvgIpc) is 2.17. The lowest BCUT2D eigenvalue weighted by atomic mass is 10.1. The van der Waals surface area contributed by atoms with E-state index in [2.05, 4.69) is 0 Å². The molecule has 1 aromatic rings. The molecule has 0 fully saturated rings. The van der Waals surface area contributed by atoms with Crippen LogP contribution < -0.4 is 4.74 Å². The number of rotatable bonds is 2. The number of hydrogen-bond donors (Lipinski definition) is 1. The quantitative estimate of drug-likeness (QED) is 0.667. The Hall–Kier alpha value is -1.53. The summed E-state index contributed by atoms with van der Waals surface area (Å²) in [4.78, 5) is 0. The first-order chi connectivity index (χ1) is 5.77. The van der Waals surface area contributed by atoms with E-state index >= 15 is 0 Å². The van der Waals surface area contributed by atoms with Crippen LogP contribution >= 0.6 is 0 Å². The molecule has 0 aliphatic carbocycles. The number of nitriles is 1. The minimum atomic E-state index is -1.05. The van der Waals surface area contributed by atoms with Gasteiger partial charge in [0.1, 0.15) is 5.75 Å². The topological polar surface area (TPSA) is 53.2 Å². The molecule has 0 aromatic heterocycles. The van der Waals surface area contributed by atoms with Crippen LogP contribution in [0.4, 0.5) is 0 Å². The standard InChI is InChI=1S/C9H9NO2/c1-12-8-4-2-7(3-5-8)9(11)6-10/h2-5,9,11H,1H3/t9-/m0/s1. The summed E-state index contributed by atoms with van der Waals surface area (Å²) >= 11 is 0. The van der Waals surface area contributed by atoms with Gasteiger partial charge < -0.3 is 9.84 Å². The molecule has 12 heavy (non-hydrogen) atoms. The Morgan fingerprint density at radius 1 is 1.42 bits per heavy atom. The maximum absolute atomic E-state index is 9.09. The van der Waals surface area contributed by atoms with Crippen LogP contribution in [-0.2, 0) is 0 Å². The van der Waals surface area contributed by atoms with Crippen LogP contribution in [0.1, 0.15) is 11.7 Å². The minimum Gasteiger partial charge on any atom is -0.497 e. The van der Waals surface area contributed by atoms with Gasteiger partial charge in [-0.1, -0.05) is 12.1 Å². The molecule has 0 bridgehead atoms. The number of benzene rings is 1. The van der Waals surface area contributed by atoms with E-state index in [0.717, 1.165) is 0 Å². The molecule has 0 unspecified atom stereocenters. The molecule has 62 valence electrons. The van der Waals surface area contributed by atoms with Crippen molar-refractivity contribution in [1.82, 2.24) is 0 Å². The third-order valence-corrected chi connectivity index (χ3v) is 1.55. The van der Waals surface area contributed by atoms with Gasteiger partial charge >= 0.3 is 0 Å². The number of ether oxygens (including phenoxy) is 1. The fraction of sp³-hybridized carbons (Fsp3) is 0.222. The fourth-order valence-electron chi connectivity index (χ4n) is 0.861. The van der Waals surface area contributed by atoms with Crippen LogP contribution in [-0.4, -0.2) is 12.2 Å². The Balaban J connectivity index is 2.86. The number of methoxy groups -OCH3 is 1. The van der Waals surface area contributed by atoms with Crippen molar-refractivity contribution in [2.75, 3.05) is 7.11 Å². The van der Waals surface area contributed by atoms with Crippen LogP contribution in [0.2, 0.25) is 0 Å². The Morgan fingerprint density at radius 2 is 2.00 bits per heavy atom. The second-order valence-electron chi connectivity index (χ2n) is 2.30. The van der Waals surface area contributed by atoms with Crippen molar-refractivity contribution in [3.8, 4) is 11.8 Å². The molecule has 0 aliphatic rings. The van der Waals surface area contributed by atoms with Gasteiger partial charge in [0, 0.05) is 0 Å². The molecular weight excluding hydrogens is 154 g/mol. The van der Waals surface area contributed by atoms with Crippen LogP contribution in [0, 0.1) is 11.3 Å². The van der Waals surface area contributed by atoms with Gasteiger partial charge in [-0.15, -0.1) is 0 Å². The van der Waals surface area contributed by atoms with Crippen LogP contribution in [0.5, 0.6) is 5.75 Å². The lowest BCUT2D eigenvalue weighted by Crippen LogP contribution is -1.92. The van der Waals surface area contributed by atoms with Crippen molar-refractivity contribution in [3.05, 3.63) is 29.8 Å². The third-order valence-electron chi connectivity index (χ3n) is 1.55. The maximum Gasteiger partial charge on any atom is 0.165 e. The molecule has 0 heterocycles. The van der Waals surface area contributed by atoms with Gasteiger partial charge in [0.05, 0.1) is 13.2 Å². The smallest absolute Gasteiger partial charge is 0.165 e. The first-order valence-corrected chi connectivity index (χ1v) is 3.49. The first kappa shape index (κ1) is 8.57. The normalized spacial score (nSPS) is 11.8. The zero-order valence-electron chi connectivity index (χ0n) is 6.69. The highest BCUT2D eigenvalue weighted by atomic mass is 16.5. The second-order valence-corrected chi connectivity index (χ2v) is 2.30. The fourth-order valence-corrected chi connectivity index (χ4v) is 0.861. The first-order valence-electron chi connectivity index (χ1n) is 3.49. The average molecular weight is 163 g/mol. The molecule has 1 aromatic carbocycles. The SMILES string of the molecule is COc1ccc([C@@H](O)C#N)cc1. The number of aliphatic hydroxyl groups excluding tert-OH is 1. The molecule has 0 amide bonds. The van der Waals surface area contributed by atoms with Gasteiger partial charge in [0.2, 0.25) is 0 Å². The van der Waals surface area contributed by atoms with Crippen molar-refractivity contribution in [1.29, 1.82) is 5.26 Å². The van der Waals surface area contributed by atoms with E-state index in [1.165, 1.54) is 0 Å². The van der Waals surface area contributed by atoms with E-state index in [4.69, 9.17) is 15.1 Å². The minimum absolute atomic E-state index is 0.582. The number of aliphatic hydroxyl groups is 1. The summed E-state index contributed by atoms with van der Waals surface area (Å²) in [6.45, 7) is 0. The third kappa shape index (κ3) is 1.74. The van der Waals surface area contributed by atoms with Crippen molar-refractivity contribution in [3.63, 3.8) is 0 Å². The Bertz CT molecular complexity index is 286. The summed E-state index contributed by atoms with van der Waals surface area (Å²) in [5.41, 5.74) is 0.582. The Morgan fingerprint density at radius 3 is 2.42 bits per heavy atom. The van der Waals surface area contributed by atoms with Gasteiger partial charge in [-0.3, -0.25) is 0 Å². The van der Waals surface area contributed by atoms with E-state index < -0.39 is 6.10 Å². The van der Waals surface area contributed by atoms with E-state index in [1.54, 1.807) is 37.4 Å². The van der Waals surface area contributed by atoms with E-state index in [0.29, 0.717) is 11.3 Å². The monoisotopic (exact) mass is 163 g/mol. The van der Waals surface area contributed by atoms with Gasteiger partial charge in [-0.2, -0.15) is 5.26 Å². The van der Waals surface area contributed by atoms with Gasteiger partial charge in [0.25, 0.3) is 0 Å². The summed E-state index contributed by atoms with van der Waals surface area (Å²) in [7, 11) is 1.57. The molecule has 3 nitrogen and oxygen atoms in total. The summed E-state index contributed by atoms with van der Waals surface area (Å²) in [5, 5.41) is 17.5. The lowest BCUT2D eigenvalue weighted by Gasteiger charge is -2.02. The Labute approximate surface area is 70.8 Å². The molecule has 0 radical (unpaired) electrons. The van der Waals surface area contributed by atoms with Crippen LogP contribution in [0.15, 0.2) is 24.3 Å². The van der Waals surface area contributed by atoms with Gasteiger partial charge in [0.15, 0.2) is 6.10 Å². The molecule has 3 heteroatoms. The largest absolute Gasteiger partial charge is 0.497 e. The Kier molecular flexibility index (Phi) is 2.67. The highest BCUT2D eigenvalue weighted by Gasteiger charge is 2.03. The van der Waals surface area contributed by atoms with E-state index in [9.17, 15) is 0 Å². The van der Waals surface area contributed by atoms with Crippen LogP contribution in [0.25, 0.3) is 0 Å². The van der Waals surface area contributed by atoms with Crippen molar-refractivity contribution < 1.29 is 9.84 Å². The molecule has 0 aliphatic heterocycles.